The second-order valence-corrected chi connectivity index (χ2v) is 13.0. The zero-order valence-electron chi connectivity index (χ0n) is 27.1. The first-order valence-electron chi connectivity index (χ1n) is 16.6. The van der Waals surface area contributed by atoms with Crippen molar-refractivity contribution in [2.24, 2.45) is 0 Å². The van der Waals surface area contributed by atoms with Crippen LogP contribution in [0, 0.1) is 5.82 Å². The van der Waals surface area contributed by atoms with Crippen LogP contribution in [0.4, 0.5) is 10.3 Å². The topological polar surface area (TPSA) is 133 Å². The molecule has 0 spiro atoms. The molecule has 1 aliphatic heterocycles. The van der Waals surface area contributed by atoms with E-state index in [1.807, 2.05) is 23.1 Å². The second-order valence-electron chi connectivity index (χ2n) is 13.0. The molecule has 0 radical (unpaired) electrons. The van der Waals surface area contributed by atoms with E-state index in [-0.39, 0.29) is 17.2 Å². The Kier molecular flexibility index (Phi) is 7.73. The Balaban J connectivity index is 1.13. The third-order valence-corrected chi connectivity index (χ3v) is 9.85. The van der Waals surface area contributed by atoms with Gasteiger partial charge in [-0.1, -0.05) is 42.5 Å². The molecule has 2 fully saturated rings. The van der Waals surface area contributed by atoms with E-state index in [4.69, 9.17) is 5.73 Å². The summed E-state index contributed by atoms with van der Waals surface area (Å²) < 4.78 is 16.7. The highest BCUT2D eigenvalue weighted by molar-refractivity contribution is 5.96. The number of anilines is 1. The van der Waals surface area contributed by atoms with Crippen LogP contribution in [0.3, 0.4) is 0 Å². The van der Waals surface area contributed by atoms with E-state index < -0.39 is 18.0 Å². The fourth-order valence-electron chi connectivity index (χ4n) is 7.04. The summed E-state index contributed by atoms with van der Waals surface area (Å²) in [5.74, 6) is 0.000417. The summed E-state index contributed by atoms with van der Waals surface area (Å²) in [4.78, 5) is 42.1. The lowest BCUT2D eigenvalue weighted by atomic mass is 9.99. The Labute approximate surface area is 281 Å². The molecular weight excluding hydrogens is 621 g/mol. The van der Waals surface area contributed by atoms with Crippen LogP contribution in [-0.2, 0) is 17.9 Å². The van der Waals surface area contributed by atoms with Gasteiger partial charge in [-0.15, -0.1) is 0 Å². The molecule has 3 aromatic heterocycles. The first-order valence-corrected chi connectivity index (χ1v) is 16.6. The van der Waals surface area contributed by atoms with Crippen molar-refractivity contribution in [1.29, 1.82) is 0 Å². The van der Waals surface area contributed by atoms with E-state index >= 15 is 4.39 Å². The molecule has 1 saturated carbocycles. The number of aliphatic hydroxyl groups excluding tert-OH is 1. The number of nitrogen functional groups attached to an aromatic ring is 1. The molecule has 11 heteroatoms. The number of benzene rings is 3. The molecule has 4 heterocycles. The minimum absolute atomic E-state index is 0.0201. The first-order chi connectivity index (χ1) is 23.8. The van der Waals surface area contributed by atoms with Gasteiger partial charge in [0.05, 0.1) is 23.4 Å². The normalized spacial score (nSPS) is 15.4. The maximum Gasteiger partial charge on any atom is 0.265 e. The summed E-state index contributed by atoms with van der Waals surface area (Å²) in [5.41, 5.74) is 12.1. The van der Waals surface area contributed by atoms with Crippen LogP contribution in [0.15, 0.2) is 77.7 Å². The quantitative estimate of drug-likeness (QED) is 0.211. The molecule has 10 nitrogen and oxygen atoms in total. The molecule has 8 rings (SSSR count). The van der Waals surface area contributed by atoms with Gasteiger partial charge in [-0.05, 0) is 65.1 Å². The van der Waals surface area contributed by atoms with Gasteiger partial charge in [0.1, 0.15) is 11.5 Å². The van der Waals surface area contributed by atoms with Crippen molar-refractivity contribution in [3.63, 3.8) is 0 Å². The van der Waals surface area contributed by atoms with Gasteiger partial charge in [-0.25, -0.2) is 9.37 Å². The number of aromatic amines is 1. The summed E-state index contributed by atoms with van der Waals surface area (Å²) in [5, 5.41) is 12.0. The molecule has 0 unspecified atom stereocenters. The number of H-pyrrole nitrogens is 1. The summed E-state index contributed by atoms with van der Waals surface area (Å²) in [6.45, 7) is 5.20. The largest absolute Gasteiger partial charge is 0.392 e. The second kappa shape index (κ2) is 12.2. The van der Waals surface area contributed by atoms with Crippen molar-refractivity contribution in [2.45, 2.75) is 38.8 Å². The molecular formula is C38H36FN7O3. The average Bonchev–Trinajstić information content (AvgIpc) is 3.87. The lowest BCUT2D eigenvalue weighted by molar-refractivity contribution is -0.130. The standard InChI is InChI=1S/C38H36FN7O3/c1-22(48)45-15-13-44(14-16-45)20-23-5-7-25(8-6-23)32-19-29-35(42-38(40)43-36(29)41-32)28-3-2-4-33(30(28)21-47)46-12-11-26-17-27(24-9-10-24)18-31(39)34(26)37(46)49/h2-8,11-12,17-19,24,47H,9-10,13-16,20-21H2,1H3,(H3,40,41,42,43). The monoisotopic (exact) mass is 657 g/mol. The van der Waals surface area contributed by atoms with Crippen LogP contribution < -0.4 is 11.3 Å². The fourth-order valence-corrected chi connectivity index (χ4v) is 7.04. The molecule has 6 aromatic rings. The molecule has 0 atom stereocenters. The third-order valence-electron chi connectivity index (χ3n) is 9.85. The van der Waals surface area contributed by atoms with Crippen LogP contribution in [0.2, 0.25) is 0 Å². The number of fused-ring (bicyclic) bond motifs is 2. The van der Waals surface area contributed by atoms with Gasteiger partial charge in [-0.2, -0.15) is 4.98 Å². The van der Waals surface area contributed by atoms with Crippen molar-refractivity contribution < 1.29 is 14.3 Å². The number of carbonyl (C=O) groups excluding carboxylic acids is 1. The first kappa shape index (κ1) is 30.9. The predicted molar refractivity (Wildman–Crippen MR) is 188 cm³/mol. The maximum atomic E-state index is 15.3. The number of hydrogen-bond acceptors (Lipinski definition) is 7. The summed E-state index contributed by atoms with van der Waals surface area (Å²) in [7, 11) is 0. The van der Waals surface area contributed by atoms with E-state index in [1.165, 1.54) is 16.2 Å². The number of pyridine rings is 1. The maximum absolute atomic E-state index is 15.3. The van der Waals surface area contributed by atoms with Gasteiger partial charge in [0.2, 0.25) is 11.9 Å². The molecule has 1 amide bonds. The summed E-state index contributed by atoms with van der Waals surface area (Å²) >= 11 is 0. The molecule has 248 valence electrons. The molecule has 1 aliphatic carbocycles. The predicted octanol–water partition coefficient (Wildman–Crippen LogP) is 5.35. The lowest BCUT2D eigenvalue weighted by Gasteiger charge is -2.34. The average molecular weight is 658 g/mol. The van der Waals surface area contributed by atoms with E-state index in [9.17, 15) is 14.7 Å². The van der Waals surface area contributed by atoms with Crippen LogP contribution in [-0.4, -0.2) is 66.5 Å². The number of aromatic nitrogens is 4. The highest BCUT2D eigenvalue weighted by Gasteiger charge is 2.26. The van der Waals surface area contributed by atoms with E-state index in [1.54, 1.807) is 31.3 Å². The lowest BCUT2D eigenvalue weighted by Crippen LogP contribution is -2.47. The smallest absolute Gasteiger partial charge is 0.265 e. The number of amides is 1. The van der Waals surface area contributed by atoms with Gasteiger partial charge in [0.25, 0.3) is 5.56 Å². The fraction of sp³-hybridized carbons (Fsp3) is 0.263. The Hall–Kier alpha value is -5.39. The number of nitrogens with two attached hydrogens (primary N) is 1. The molecule has 2 aliphatic rings. The van der Waals surface area contributed by atoms with Crippen LogP contribution >= 0.6 is 0 Å². The number of nitrogens with zero attached hydrogens (tertiary/aromatic N) is 5. The highest BCUT2D eigenvalue weighted by Crippen LogP contribution is 2.41. The number of rotatable bonds is 7. The SMILES string of the molecule is CC(=O)N1CCN(Cc2ccc(-c3cc4c(-c5cccc(-n6ccc7cc(C8CC8)cc(F)c7c6=O)c5CO)nc(N)nc4[nH]3)cc2)CC1. The van der Waals surface area contributed by atoms with Gasteiger partial charge in [0, 0.05) is 68.1 Å². The van der Waals surface area contributed by atoms with E-state index in [0.29, 0.717) is 44.8 Å². The van der Waals surface area contributed by atoms with Crippen LogP contribution in [0.25, 0.3) is 50.0 Å². The van der Waals surface area contributed by atoms with Crippen molar-refractivity contribution in [3.8, 4) is 28.2 Å². The van der Waals surface area contributed by atoms with Gasteiger partial charge in [0.15, 0.2) is 0 Å². The number of hydrogen-bond donors (Lipinski definition) is 3. The summed E-state index contributed by atoms with van der Waals surface area (Å²) in [6, 6.07) is 20.7. The van der Waals surface area contributed by atoms with Crippen molar-refractivity contribution in [2.75, 3.05) is 31.9 Å². The molecule has 1 saturated heterocycles. The van der Waals surface area contributed by atoms with Crippen molar-refractivity contribution in [3.05, 3.63) is 106 Å². The number of carbonyl (C=O) groups is 1. The zero-order valence-corrected chi connectivity index (χ0v) is 27.1. The number of halogens is 1. The van der Waals surface area contributed by atoms with Gasteiger partial charge < -0.3 is 20.7 Å². The van der Waals surface area contributed by atoms with Crippen LogP contribution in [0.5, 0.6) is 0 Å². The van der Waals surface area contributed by atoms with Gasteiger partial charge in [-0.3, -0.25) is 19.1 Å². The Morgan fingerprint density at radius 1 is 1.02 bits per heavy atom. The van der Waals surface area contributed by atoms with Crippen LogP contribution in [0.1, 0.15) is 42.4 Å². The molecule has 3 aromatic carbocycles. The Morgan fingerprint density at radius 3 is 2.51 bits per heavy atom. The minimum Gasteiger partial charge on any atom is -0.392 e. The Bertz CT molecular complexity index is 2300. The Morgan fingerprint density at radius 2 is 1.80 bits per heavy atom. The third kappa shape index (κ3) is 5.74. The number of nitrogens with one attached hydrogen (secondary N) is 1. The van der Waals surface area contributed by atoms with Gasteiger partial charge >= 0.3 is 0 Å². The molecule has 49 heavy (non-hydrogen) atoms. The zero-order chi connectivity index (χ0) is 33.8. The number of piperazine rings is 1. The highest BCUT2D eigenvalue weighted by atomic mass is 19.1. The van der Waals surface area contributed by atoms with E-state index in [0.717, 1.165) is 62.4 Å². The summed E-state index contributed by atoms with van der Waals surface area (Å²) in [6.07, 6.45) is 3.70. The van der Waals surface area contributed by atoms with Crippen molar-refractivity contribution in [1.82, 2.24) is 29.3 Å². The van der Waals surface area contributed by atoms with E-state index in [2.05, 4.69) is 44.1 Å². The minimum atomic E-state index is -0.536. The molecule has 0 bridgehead atoms. The van der Waals surface area contributed by atoms with Crippen molar-refractivity contribution >= 4 is 33.7 Å². The molecule has 4 N–H and O–H groups in total. The number of aliphatic hydroxyl groups is 1.